The Morgan fingerprint density at radius 1 is 1.08 bits per heavy atom. The molecule has 0 radical (unpaired) electrons. The molecule has 2 aliphatic heterocycles. The van der Waals surface area contributed by atoms with Crippen molar-refractivity contribution in [2.24, 2.45) is 0 Å². The van der Waals surface area contributed by atoms with Crippen LogP contribution in [-0.2, 0) is 12.8 Å². The van der Waals surface area contributed by atoms with Gasteiger partial charge in [-0.15, -0.1) is 0 Å². The fourth-order valence-electron chi connectivity index (χ4n) is 4.42. The minimum atomic E-state index is -0.211. The summed E-state index contributed by atoms with van der Waals surface area (Å²) in [5.41, 5.74) is 3.88. The lowest BCUT2D eigenvalue weighted by Gasteiger charge is -2.46. The molecule has 0 saturated carbocycles. The molecule has 0 aromatic heterocycles. The van der Waals surface area contributed by atoms with E-state index in [2.05, 4.69) is 4.90 Å². The van der Waals surface area contributed by atoms with Crippen LogP contribution in [0, 0.1) is 0 Å². The lowest BCUT2D eigenvalue weighted by Crippen LogP contribution is -2.44. The van der Waals surface area contributed by atoms with Crippen LogP contribution < -0.4 is 9.47 Å². The molecule has 6 heteroatoms. The van der Waals surface area contributed by atoms with Crippen molar-refractivity contribution in [3.05, 3.63) is 46.5 Å². The van der Waals surface area contributed by atoms with E-state index in [1.807, 2.05) is 12.1 Å². The molecule has 138 valence electrons. The fraction of sp³-hybridized carbons (Fsp3) is 0.400. The number of aliphatic hydroxyl groups is 1. The maximum absolute atomic E-state index is 10.7. The van der Waals surface area contributed by atoms with E-state index in [1.54, 1.807) is 19.2 Å². The van der Waals surface area contributed by atoms with E-state index < -0.39 is 0 Å². The van der Waals surface area contributed by atoms with Crippen LogP contribution in [0.25, 0.3) is 0 Å². The van der Waals surface area contributed by atoms with Crippen molar-refractivity contribution < 1.29 is 24.8 Å². The maximum atomic E-state index is 10.7. The van der Waals surface area contributed by atoms with Gasteiger partial charge in [0.05, 0.1) is 26.9 Å². The van der Waals surface area contributed by atoms with Crippen LogP contribution in [0.5, 0.6) is 23.0 Å². The summed E-state index contributed by atoms with van der Waals surface area (Å²) < 4.78 is 10.5. The van der Waals surface area contributed by atoms with Gasteiger partial charge >= 0.3 is 0 Å². The Morgan fingerprint density at radius 2 is 1.85 bits per heavy atom. The summed E-state index contributed by atoms with van der Waals surface area (Å²) in [5.74, 6) is 1.11. The highest BCUT2D eigenvalue weighted by atomic mass is 16.5. The second kappa shape index (κ2) is 6.37. The summed E-state index contributed by atoms with van der Waals surface area (Å²) in [6.07, 6.45) is 1.43. The van der Waals surface area contributed by atoms with Crippen molar-refractivity contribution in [1.29, 1.82) is 0 Å². The summed E-state index contributed by atoms with van der Waals surface area (Å²) in [6.45, 7) is 0.745. The minimum absolute atomic E-state index is 0.0442. The number of aromatic hydroxyl groups is 2. The summed E-state index contributed by atoms with van der Waals surface area (Å²) in [4.78, 5) is 2.22. The van der Waals surface area contributed by atoms with E-state index in [1.165, 1.54) is 7.11 Å². The van der Waals surface area contributed by atoms with Crippen molar-refractivity contribution in [3.63, 3.8) is 0 Å². The number of fused-ring (bicyclic) bond motifs is 4. The second-order valence-corrected chi connectivity index (χ2v) is 6.82. The monoisotopic (exact) mass is 357 g/mol. The van der Waals surface area contributed by atoms with Gasteiger partial charge in [0.25, 0.3) is 0 Å². The number of phenols is 2. The topological polar surface area (TPSA) is 82.4 Å². The largest absolute Gasteiger partial charge is 0.504 e. The van der Waals surface area contributed by atoms with E-state index in [0.717, 1.165) is 35.2 Å². The zero-order valence-electron chi connectivity index (χ0n) is 14.9. The molecule has 0 fully saturated rings. The van der Waals surface area contributed by atoms with Gasteiger partial charge in [0.2, 0.25) is 0 Å². The summed E-state index contributed by atoms with van der Waals surface area (Å²) >= 11 is 0. The Balaban J connectivity index is 1.86. The van der Waals surface area contributed by atoms with E-state index >= 15 is 0 Å². The molecule has 2 aromatic carbocycles. The van der Waals surface area contributed by atoms with E-state index in [-0.39, 0.29) is 30.2 Å². The van der Waals surface area contributed by atoms with Crippen LogP contribution in [0.1, 0.15) is 34.3 Å². The van der Waals surface area contributed by atoms with Gasteiger partial charge in [-0.25, -0.2) is 0 Å². The van der Waals surface area contributed by atoms with Gasteiger partial charge in [-0.1, -0.05) is 6.07 Å². The number of hydrogen-bond donors (Lipinski definition) is 3. The Kier molecular flexibility index (Phi) is 4.17. The lowest BCUT2D eigenvalue weighted by atomic mass is 9.80. The summed E-state index contributed by atoms with van der Waals surface area (Å²) in [5, 5.41) is 31.0. The van der Waals surface area contributed by atoms with Crippen molar-refractivity contribution in [3.8, 4) is 23.0 Å². The third kappa shape index (κ3) is 2.40. The second-order valence-electron chi connectivity index (χ2n) is 6.82. The van der Waals surface area contributed by atoms with Crippen molar-refractivity contribution in [2.45, 2.75) is 24.9 Å². The first-order chi connectivity index (χ1) is 12.6. The Bertz CT molecular complexity index is 851. The van der Waals surface area contributed by atoms with Crippen LogP contribution in [0.2, 0.25) is 0 Å². The highest BCUT2D eigenvalue weighted by molar-refractivity contribution is 5.55. The maximum Gasteiger partial charge on any atom is 0.162 e. The predicted octanol–water partition coefficient (Wildman–Crippen LogP) is 2.30. The highest BCUT2D eigenvalue weighted by Crippen LogP contribution is 2.50. The Labute approximate surface area is 152 Å². The molecule has 0 unspecified atom stereocenters. The normalized spacial score (nSPS) is 21.5. The number of aliphatic hydroxyl groups excluding tert-OH is 1. The highest BCUT2D eigenvalue weighted by Gasteiger charge is 2.40. The zero-order valence-corrected chi connectivity index (χ0v) is 14.9. The van der Waals surface area contributed by atoms with Gasteiger partial charge in [0.15, 0.2) is 23.0 Å². The molecule has 6 nitrogen and oxygen atoms in total. The molecule has 2 aliphatic rings. The van der Waals surface area contributed by atoms with Crippen LogP contribution >= 0.6 is 0 Å². The molecule has 2 atom stereocenters. The number of phenolic OH excluding ortho intramolecular Hbond substituents is 2. The molecule has 3 N–H and O–H groups in total. The van der Waals surface area contributed by atoms with E-state index in [0.29, 0.717) is 17.9 Å². The third-order valence-corrected chi connectivity index (χ3v) is 5.65. The van der Waals surface area contributed by atoms with Crippen LogP contribution in [-0.4, -0.2) is 47.6 Å². The molecule has 0 saturated heterocycles. The average molecular weight is 357 g/mol. The molecule has 0 aliphatic carbocycles. The van der Waals surface area contributed by atoms with Gasteiger partial charge in [0, 0.05) is 18.2 Å². The SMILES string of the molecule is COc1cc2c(cc1O)C[C@H]1c3c(ccc(OC)c3O)CCN1[C@@H]2CO. The van der Waals surface area contributed by atoms with Gasteiger partial charge in [0.1, 0.15) is 0 Å². The van der Waals surface area contributed by atoms with E-state index in [9.17, 15) is 15.3 Å². The first-order valence-corrected chi connectivity index (χ1v) is 8.74. The molecule has 26 heavy (non-hydrogen) atoms. The molecule has 4 rings (SSSR count). The smallest absolute Gasteiger partial charge is 0.162 e. The molecule has 2 aromatic rings. The minimum Gasteiger partial charge on any atom is -0.504 e. The number of benzene rings is 2. The number of rotatable bonds is 3. The first kappa shape index (κ1) is 17.0. The Morgan fingerprint density at radius 3 is 2.54 bits per heavy atom. The number of hydrogen-bond acceptors (Lipinski definition) is 6. The standard InChI is InChI=1S/C20H23NO5/c1-25-17-4-3-11-5-6-21-14(19(11)20(17)24)7-12-8-16(23)18(26-2)9-13(12)15(21)10-22/h3-4,8-9,14-15,22-24H,5-7,10H2,1-2H3/t14-,15+/m0/s1. The van der Waals surface area contributed by atoms with E-state index in [4.69, 9.17) is 9.47 Å². The Hall–Kier alpha value is -2.44. The van der Waals surface area contributed by atoms with Gasteiger partial charge in [-0.3, -0.25) is 4.90 Å². The fourth-order valence-corrected chi connectivity index (χ4v) is 4.42. The third-order valence-electron chi connectivity index (χ3n) is 5.65. The van der Waals surface area contributed by atoms with Gasteiger partial charge in [-0.05, 0) is 47.7 Å². The van der Waals surface area contributed by atoms with Gasteiger partial charge in [-0.2, -0.15) is 0 Å². The first-order valence-electron chi connectivity index (χ1n) is 8.74. The molecule has 0 bridgehead atoms. The van der Waals surface area contributed by atoms with Crippen molar-refractivity contribution in [1.82, 2.24) is 4.90 Å². The molecular formula is C20H23NO5. The summed E-state index contributed by atoms with van der Waals surface area (Å²) in [7, 11) is 3.06. The van der Waals surface area contributed by atoms with Crippen molar-refractivity contribution >= 4 is 0 Å². The molecule has 0 spiro atoms. The predicted molar refractivity (Wildman–Crippen MR) is 96.0 cm³/mol. The average Bonchev–Trinajstić information content (AvgIpc) is 2.65. The quantitative estimate of drug-likeness (QED) is 0.782. The van der Waals surface area contributed by atoms with Gasteiger partial charge < -0.3 is 24.8 Å². The lowest BCUT2D eigenvalue weighted by molar-refractivity contribution is 0.0612. The molecule has 0 amide bonds. The number of methoxy groups -OCH3 is 2. The number of ether oxygens (including phenoxy) is 2. The zero-order chi connectivity index (χ0) is 18.4. The number of nitrogens with zero attached hydrogens (tertiary/aromatic N) is 1. The summed E-state index contributed by atoms with van der Waals surface area (Å²) in [6, 6.07) is 7.02. The van der Waals surface area contributed by atoms with Crippen LogP contribution in [0.15, 0.2) is 24.3 Å². The van der Waals surface area contributed by atoms with Crippen LogP contribution in [0.4, 0.5) is 0 Å². The molecule has 2 heterocycles. The van der Waals surface area contributed by atoms with Crippen molar-refractivity contribution in [2.75, 3.05) is 27.4 Å². The molecular weight excluding hydrogens is 334 g/mol. The van der Waals surface area contributed by atoms with Crippen LogP contribution in [0.3, 0.4) is 0 Å².